The van der Waals surface area contributed by atoms with Gasteiger partial charge in [-0.3, -0.25) is 4.68 Å². The Kier molecular flexibility index (Phi) is 2.74. The molecule has 0 aromatic carbocycles. The molecule has 2 unspecified atom stereocenters. The molecule has 1 aromatic heterocycles. The van der Waals surface area contributed by atoms with Crippen molar-refractivity contribution < 1.29 is 9.90 Å². The number of aliphatic carboxylic acids is 1. The highest BCUT2D eigenvalue weighted by Gasteiger charge is 2.47. The molecule has 0 aliphatic heterocycles. The van der Waals surface area contributed by atoms with Crippen molar-refractivity contribution in [3.8, 4) is 0 Å². The summed E-state index contributed by atoms with van der Waals surface area (Å²) in [6.07, 6.45) is 7.31. The van der Waals surface area contributed by atoms with Crippen LogP contribution in [-0.4, -0.2) is 20.9 Å². The van der Waals surface area contributed by atoms with Crippen molar-refractivity contribution >= 4 is 5.97 Å². The van der Waals surface area contributed by atoms with E-state index in [0.717, 1.165) is 24.8 Å². The molecule has 1 N–H and O–H groups in total. The van der Waals surface area contributed by atoms with Crippen LogP contribution in [0, 0.1) is 12.8 Å². The molecule has 1 fully saturated rings. The summed E-state index contributed by atoms with van der Waals surface area (Å²) in [6, 6.07) is 0. The highest BCUT2D eigenvalue weighted by Crippen LogP contribution is 2.39. The van der Waals surface area contributed by atoms with E-state index in [4.69, 9.17) is 0 Å². The van der Waals surface area contributed by atoms with Crippen molar-refractivity contribution in [2.75, 3.05) is 0 Å². The van der Waals surface area contributed by atoms with Gasteiger partial charge in [-0.2, -0.15) is 5.10 Å². The largest absolute Gasteiger partial charge is 0.479 e. The molecule has 1 aliphatic carbocycles. The van der Waals surface area contributed by atoms with E-state index in [1.54, 1.807) is 10.9 Å². The van der Waals surface area contributed by atoms with Gasteiger partial charge in [-0.25, -0.2) is 4.79 Å². The van der Waals surface area contributed by atoms with E-state index in [0.29, 0.717) is 6.42 Å². The third-order valence-corrected chi connectivity index (χ3v) is 3.75. The molecule has 1 saturated carbocycles. The Labute approximate surface area is 95.3 Å². The fourth-order valence-corrected chi connectivity index (χ4v) is 2.72. The number of carbonyl (C=O) groups is 1. The normalized spacial score (nSPS) is 30.2. The maximum atomic E-state index is 11.6. The van der Waals surface area contributed by atoms with Crippen molar-refractivity contribution in [2.45, 2.75) is 45.1 Å². The molecule has 0 spiro atoms. The molecule has 0 bridgehead atoms. The quantitative estimate of drug-likeness (QED) is 0.834. The van der Waals surface area contributed by atoms with Crippen LogP contribution in [0.3, 0.4) is 0 Å². The molecule has 0 saturated heterocycles. The Hall–Kier alpha value is -1.32. The van der Waals surface area contributed by atoms with Gasteiger partial charge in [0.1, 0.15) is 0 Å². The summed E-state index contributed by atoms with van der Waals surface area (Å²) in [6.45, 7) is 3.96. The lowest BCUT2D eigenvalue weighted by Gasteiger charge is -2.39. The fourth-order valence-electron chi connectivity index (χ4n) is 2.72. The van der Waals surface area contributed by atoms with Crippen LogP contribution in [0.25, 0.3) is 0 Å². The fraction of sp³-hybridized carbons (Fsp3) is 0.667. The standard InChI is InChI=1S/C12H18N2O2/c1-9-7-13-14(8-9)12(11(15)16)6-4-3-5-10(12)2/h7-8,10H,3-6H2,1-2H3,(H,15,16). The zero-order valence-electron chi connectivity index (χ0n) is 9.81. The minimum absolute atomic E-state index is 0.137. The van der Waals surface area contributed by atoms with Gasteiger partial charge < -0.3 is 5.11 Å². The van der Waals surface area contributed by atoms with Crippen molar-refractivity contribution in [3.63, 3.8) is 0 Å². The number of carboxylic acids is 1. The summed E-state index contributed by atoms with van der Waals surface area (Å²) in [5, 5.41) is 13.8. The van der Waals surface area contributed by atoms with Crippen LogP contribution in [0.4, 0.5) is 0 Å². The van der Waals surface area contributed by atoms with Gasteiger partial charge in [0.05, 0.1) is 6.20 Å². The first-order valence-electron chi connectivity index (χ1n) is 5.82. The van der Waals surface area contributed by atoms with E-state index in [9.17, 15) is 9.90 Å². The minimum atomic E-state index is -0.827. The predicted molar refractivity (Wildman–Crippen MR) is 60.2 cm³/mol. The number of hydrogen-bond donors (Lipinski definition) is 1. The average molecular weight is 222 g/mol. The van der Waals surface area contributed by atoms with Crippen LogP contribution in [0.15, 0.2) is 12.4 Å². The maximum absolute atomic E-state index is 11.6. The molecule has 0 amide bonds. The average Bonchev–Trinajstić information content (AvgIpc) is 2.65. The van der Waals surface area contributed by atoms with Gasteiger partial charge in [0.15, 0.2) is 5.54 Å². The Morgan fingerprint density at radius 1 is 1.62 bits per heavy atom. The Bertz CT molecular complexity index is 399. The number of nitrogens with zero attached hydrogens (tertiary/aromatic N) is 2. The van der Waals surface area contributed by atoms with Crippen LogP contribution in [-0.2, 0) is 10.3 Å². The van der Waals surface area contributed by atoms with Gasteiger partial charge in [-0.05, 0) is 31.2 Å². The first kappa shape index (κ1) is 11.2. The number of rotatable bonds is 2. The van der Waals surface area contributed by atoms with E-state index >= 15 is 0 Å². The summed E-state index contributed by atoms with van der Waals surface area (Å²) in [5.41, 5.74) is 0.186. The molecule has 4 heteroatoms. The highest BCUT2D eigenvalue weighted by atomic mass is 16.4. The molecule has 1 aliphatic rings. The molecule has 4 nitrogen and oxygen atoms in total. The Balaban J connectivity index is 2.46. The van der Waals surface area contributed by atoms with Gasteiger partial charge in [0.25, 0.3) is 0 Å². The summed E-state index contributed by atoms with van der Waals surface area (Å²) in [5.74, 6) is -0.610. The SMILES string of the molecule is Cc1cnn(C2(C(=O)O)CCCCC2C)c1. The molecule has 2 atom stereocenters. The van der Waals surface area contributed by atoms with Crippen molar-refractivity contribution in [1.82, 2.24) is 9.78 Å². The Morgan fingerprint density at radius 2 is 2.38 bits per heavy atom. The second-order valence-corrected chi connectivity index (χ2v) is 4.84. The summed E-state index contributed by atoms with van der Waals surface area (Å²) >= 11 is 0. The van der Waals surface area contributed by atoms with Crippen LogP contribution in [0.2, 0.25) is 0 Å². The Morgan fingerprint density at radius 3 is 2.88 bits per heavy atom. The topological polar surface area (TPSA) is 55.1 Å². The predicted octanol–water partition coefficient (Wildman–Crippen LogP) is 2.18. The zero-order chi connectivity index (χ0) is 11.8. The second kappa shape index (κ2) is 3.92. The van der Waals surface area contributed by atoms with Crippen LogP contribution >= 0.6 is 0 Å². The van der Waals surface area contributed by atoms with E-state index in [2.05, 4.69) is 5.10 Å². The van der Waals surface area contributed by atoms with E-state index in [1.807, 2.05) is 20.0 Å². The molecular weight excluding hydrogens is 204 g/mol. The van der Waals surface area contributed by atoms with Gasteiger partial charge in [0.2, 0.25) is 0 Å². The molecule has 88 valence electrons. The van der Waals surface area contributed by atoms with Crippen molar-refractivity contribution in [3.05, 3.63) is 18.0 Å². The number of aromatic nitrogens is 2. The summed E-state index contributed by atoms with van der Waals surface area (Å²) in [7, 11) is 0. The van der Waals surface area contributed by atoms with Crippen LogP contribution in [0.1, 0.15) is 38.2 Å². The minimum Gasteiger partial charge on any atom is -0.479 e. The van der Waals surface area contributed by atoms with Gasteiger partial charge in [0, 0.05) is 6.20 Å². The van der Waals surface area contributed by atoms with Gasteiger partial charge >= 0.3 is 5.97 Å². The zero-order valence-corrected chi connectivity index (χ0v) is 9.81. The van der Waals surface area contributed by atoms with E-state index < -0.39 is 11.5 Å². The molecular formula is C12H18N2O2. The first-order valence-corrected chi connectivity index (χ1v) is 5.82. The summed E-state index contributed by atoms with van der Waals surface area (Å²) < 4.78 is 1.66. The molecule has 16 heavy (non-hydrogen) atoms. The van der Waals surface area contributed by atoms with E-state index in [-0.39, 0.29) is 5.92 Å². The van der Waals surface area contributed by atoms with Crippen molar-refractivity contribution in [1.29, 1.82) is 0 Å². The molecule has 1 aromatic rings. The molecule has 2 rings (SSSR count). The van der Waals surface area contributed by atoms with Crippen LogP contribution < -0.4 is 0 Å². The number of aryl methyl sites for hydroxylation is 1. The lowest BCUT2D eigenvalue weighted by molar-refractivity contribution is -0.153. The van der Waals surface area contributed by atoms with Gasteiger partial charge in [-0.15, -0.1) is 0 Å². The summed E-state index contributed by atoms with van der Waals surface area (Å²) in [4.78, 5) is 11.6. The molecule has 1 heterocycles. The lowest BCUT2D eigenvalue weighted by atomic mass is 9.73. The molecule has 0 radical (unpaired) electrons. The third-order valence-electron chi connectivity index (χ3n) is 3.75. The van der Waals surface area contributed by atoms with Crippen molar-refractivity contribution in [2.24, 2.45) is 5.92 Å². The number of carboxylic acid groups (broad SMARTS) is 1. The third kappa shape index (κ3) is 1.52. The number of hydrogen-bond acceptors (Lipinski definition) is 2. The lowest BCUT2D eigenvalue weighted by Crippen LogP contribution is -2.49. The van der Waals surface area contributed by atoms with Crippen LogP contribution in [0.5, 0.6) is 0 Å². The second-order valence-electron chi connectivity index (χ2n) is 4.84. The smallest absolute Gasteiger partial charge is 0.331 e. The van der Waals surface area contributed by atoms with E-state index in [1.165, 1.54) is 0 Å². The van der Waals surface area contributed by atoms with Gasteiger partial charge in [-0.1, -0.05) is 19.8 Å². The maximum Gasteiger partial charge on any atom is 0.331 e. The highest BCUT2D eigenvalue weighted by molar-refractivity contribution is 5.77. The first-order chi connectivity index (χ1) is 7.57. The monoisotopic (exact) mass is 222 g/mol.